The van der Waals surface area contributed by atoms with E-state index in [1.54, 1.807) is 0 Å². The lowest BCUT2D eigenvalue weighted by Crippen LogP contribution is -2.38. The Kier molecular flexibility index (Phi) is 6.81. The Hall–Kier alpha value is -0.650. The molecule has 0 saturated heterocycles. The molecular weight excluding hydrogens is 276 g/mol. The summed E-state index contributed by atoms with van der Waals surface area (Å²) < 4.78 is 47.1. The van der Waals surface area contributed by atoms with Gasteiger partial charge in [-0.3, -0.25) is 0 Å². The van der Waals surface area contributed by atoms with E-state index in [9.17, 15) is 16.8 Å². The van der Waals surface area contributed by atoms with Gasteiger partial charge in [-0.1, -0.05) is 13.8 Å². The number of nitriles is 1. The molecule has 0 bridgehead atoms. The lowest BCUT2D eigenvalue weighted by atomic mass is 10.2. The van der Waals surface area contributed by atoms with Crippen LogP contribution in [0.5, 0.6) is 0 Å². The van der Waals surface area contributed by atoms with Crippen LogP contribution in [0.25, 0.3) is 0 Å². The maximum atomic E-state index is 12.0. The van der Waals surface area contributed by atoms with Crippen LogP contribution in [0.2, 0.25) is 0 Å². The summed E-state index contributed by atoms with van der Waals surface area (Å²) >= 11 is 0. The van der Waals surface area contributed by atoms with E-state index in [1.807, 2.05) is 19.9 Å². The maximum Gasteiger partial charge on any atom is 0.215 e. The molecule has 0 saturated carbocycles. The van der Waals surface area contributed by atoms with Gasteiger partial charge in [0.15, 0.2) is 0 Å². The number of sulfonamides is 1. The van der Waals surface area contributed by atoms with Crippen molar-refractivity contribution in [1.82, 2.24) is 4.31 Å². The second-order valence-electron chi connectivity index (χ2n) is 4.61. The summed E-state index contributed by atoms with van der Waals surface area (Å²) in [5.41, 5.74) is 0. The fourth-order valence-corrected chi connectivity index (χ4v) is 4.52. The summed E-state index contributed by atoms with van der Waals surface area (Å²) in [6.07, 6.45) is 1.11. The van der Waals surface area contributed by atoms with Gasteiger partial charge in [0.2, 0.25) is 10.0 Å². The zero-order chi connectivity index (χ0) is 14.4. The van der Waals surface area contributed by atoms with Crippen LogP contribution < -0.4 is 0 Å². The molecule has 18 heavy (non-hydrogen) atoms. The van der Waals surface area contributed by atoms with Crippen molar-refractivity contribution >= 4 is 19.9 Å². The second kappa shape index (κ2) is 7.07. The predicted octanol–water partition coefficient (Wildman–Crippen LogP) is 0.232. The van der Waals surface area contributed by atoms with Crippen LogP contribution >= 0.6 is 0 Å². The summed E-state index contributed by atoms with van der Waals surface area (Å²) in [7, 11) is -6.93. The third-order valence-electron chi connectivity index (χ3n) is 2.15. The van der Waals surface area contributed by atoms with E-state index in [2.05, 4.69) is 0 Å². The van der Waals surface area contributed by atoms with Gasteiger partial charge in [-0.25, -0.2) is 21.1 Å². The van der Waals surface area contributed by atoms with E-state index in [0.29, 0.717) is 6.54 Å². The lowest BCUT2D eigenvalue weighted by Gasteiger charge is -2.22. The van der Waals surface area contributed by atoms with Crippen molar-refractivity contribution in [3.05, 3.63) is 0 Å². The first-order valence-corrected chi connectivity index (χ1v) is 9.28. The van der Waals surface area contributed by atoms with Gasteiger partial charge in [0, 0.05) is 25.8 Å². The molecule has 6 nitrogen and oxygen atoms in total. The van der Waals surface area contributed by atoms with E-state index in [0.717, 1.165) is 6.26 Å². The van der Waals surface area contributed by atoms with Gasteiger partial charge in [0.25, 0.3) is 0 Å². The molecule has 0 fully saturated rings. The van der Waals surface area contributed by atoms with Crippen LogP contribution in [0.15, 0.2) is 0 Å². The molecule has 0 aromatic rings. The van der Waals surface area contributed by atoms with Crippen LogP contribution in [0, 0.1) is 17.2 Å². The second-order valence-corrected chi connectivity index (χ2v) is 8.95. The molecule has 0 rings (SSSR count). The third kappa shape index (κ3) is 7.63. The molecule has 0 spiro atoms. The highest BCUT2D eigenvalue weighted by molar-refractivity contribution is 7.93. The fourth-order valence-electron chi connectivity index (χ4n) is 1.31. The molecule has 0 amide bonds. The van der Waals surface area contributed by atoms with Crippen LogP contribution in [0.1, 0.15) is 20.3 Å². The maximum absolute atomic E-state index is 12.0. The standard InChI is InChI=1S/C10H20N2O4S2/c1-10(2)9-12(6-4-5-11)18(15,16)8-7-17(3,13)14/h10H,4,6-9H2,1-3H3. The molecule has 0 aromatic heterocycles. The zero-order valence-electron chi connectivity index (χ0n) is 11.0. The smallest absolute Gasteiger partial charge is 0.215 e. The van der Waals surface area contributed by atoms with Crippen molar-refractivity contribution in [2.75, 3.05) is 30.9 Å². The van der Waals surface area contributed by atoms with Gasteiger partial charge in [0.1, 0.15) is 9.84 Å². The Balaban J connectivity index is 4.80. The Bertz CT molecular complexity index is 488. The molecule has 0 aliphatic carbocycles. The molecule has 0 aliphatic heterocycles. The van der Waals surface area contributed by atoms with Gasteiger partial charge in [-0.2, -0.15) is 5.26 Å². The van der Waals surface area contributed by atoms with Crippen LogP contribution in [0.4, 0.5) is 0 Å². The first kappa shape index (κ1) is 17.4. The van der Waals surface area contributed by atoms with Crippen LogP contribution in [-0.4, -0.2) is 52.0 Å². The normalized spacial score (nSPS) is 12.9. The summed E-state index contributed by atoms with van der Waals surface area (Å²) in [5, 5.41) is 8.51. The number of hydrogen-bond acceptors (Lipinski definition) is 5. The first-order chi connectivity index (χ1) is 8.08. The molecule has 0 aliphatic rings. The minimum atomic E-state index is -3.62. The summed E-state index contributed by atoms with van der Waals surface area (Å²) in [5.74, 6) is -0.697. The van der Waals surface area contributed by atoms with E-state index in [1.165, 1.54) is 4.31 Å². The number of hydrogen-bond donors (Lipinski definition) is 0. The Morgan fingerprint density at radius 1 is 1.17 bits per heavy atom. The molecular formula is C10H20N2O4S2. The average molecular weight is 296 g/mol. The summed E-state index contributed by atoms with van der Waals surface area (Å²) in [4.78, 5) is 0. The van der Waals surface area contributed by atoms with E-state index in [4.69, 9.17) is 5.26 Å². The Morgan fingerprint density at radius 3 is 2.11 bits per heavy atom. The molecule has 0 atom stereocenters. The summed E-state index contributed by atoms with van der Waals surface area (Å²) in [6.45, 7) is 4.14. The summed E-state index contributed by atoms with van der Waals surface area (Å²) in [6, 6.07) is 1.89. The van der Waals surface area contributed by atoms with E-state index in [-0.39, 0.29) is 18.9 Å². The molecule has 8 heteroatoms. The molecule has 106 valence electrons. The van der Waals surface area contributed by atoms with Gasteiger partial charge in [0.05, 0.1) is 17.6 Å². The molecule has 0 unspecified atom stereocenters. The molecule has 0 radical (unpaired) electrons. The molecule has 0 aromatic carbocycles. The highest BCUT2D eigenvalue weighted by atomic mass is 32.2. The van der Waals surface area contributed by atoms with Gasteiger partial charge < -0.3 is 0 Å². The highest BCUT2D eigenvalue weighted by Crippen LogP contribution is 2.08. The SMILES string of the molecule is CC(C)CN(CCC#N)S(=O)(=O)CCS(C)(=O)=O. The third-order valence-corrected chi connectivity index (χ3v) is 5.19. The monoisotopic (exact) mass is 296 g/mol. The Labute approximate surface area is 110 Å². The van der Waals surface area contributed by atoms with Crippen molar-refractivity contribution in [3.63, 3.8) is 0 Å². The van der Waals surface area contributed by atoms with Crippen molar-refractivity contribution in [2.24, 2.45) is 5.92 Å². The lowest BCUT2D eigenvalue weighted by molar-refractivity contribution is 0.373. The van der Waals surface area contributed by atoms with Gasteiger partial charge in [-0.15, -0.1) is 0 Å². The average Bonchev–Trinajstić information content (AvgIpc) is 2.20. The first-order valence-electron chi connectivity index (χ1n) is 5.61. The number of sulfone groups is 1. The van der Waals surface area contributed by atoms with Crippen molar-refractivity contribution < 1.29 is 16.8 Å². The molecule has 0 N–H and O–H groups in total. The van der Waals surface area contributed by atoms with Crippen LogP contribution in [0.3, 0.4) is 0 Å². The highest BCUT2D eigenvalue weighted by Gasteiger charge is 2.23. The fraction of sp³-hybridized carbons (Fsp3) is 0.900. The van der Waals surface area contributed by atoms with Crippen molar-refractivity contribution in [3.8, 4) is 6.07 Å². The zero-order valence-corrected chi connectivity index (χ0v) is 12.6. The van der Waals surface area contributed by atoms with Crippen molar-refractivity contribution in [2.45, 2.75) is 20.3 Å². The van der Waals surface area contributed by atoms with E-state index < -0.39 is 31.4 Å². The number of nitrogens with zero attached hydrogens (tertiary/aromatic N) is 2. The van der Waals surface area contributed by atoms with Crippen molar-refractivity contribution in [1.29, 1.82) is 5.26 Å². The topological polar surface area (TPSA) is 95.3 Å². The Morgan fingerprint density at radius 2 is 1.72 bits per heavy atom. The van der Waals surface area contributed by atoms with Gasteiger partial charge >= 0.3 is 0 Å². The van der Waals surface area contributed by atoms with Crippen LogP contribution in [-0.2, 0) is 19.9 Å². The quantitative estimate of drug-likeness (QED) is 0.639. The number of rotatable bonds is 8. The minimum Gasteiger partial charge on any atom is -0.229 e. The van der Waals surface area contributed by atoms with Gasteiger partial charge in [-0.05, 0) is 5.92 Å². The predicted molar refractivity (Wildman–Crippen MR) is 70.1 cm³/mol. The minimum absolute atomic E-state index is 0.102. The molecule has 0 heterocycles. The van der Waals surface area contributed by atoms with E-state index >= 15 is 0 Å². The largest absolute Gasteiger partial charge is 0.229 e.